The second-order valence-corrected chi connectivity index (χ2v) is 7.11. The number of fused-ring (bicyclic) bond motifs is 2. The van der Waals surface area contributed by atoms with Crippen LogP contribution >= 0.6 is 9.24 Å². The van der Waals surface area contributed by atoms with Gasteiger partial charge in [-0.25, -0.2) is 18.9 Å². The molecule has 0 fully saturated rings. The number of H-pyrrole nitrogens is 1. The smallest absolute Gasteiger partial charge is 0.292 e. The molecule has 28 heavy (non-hydrogen) atoms. The predicted molar refractivity (Wildman–Crippen MR) is 100 cm³/mol. The number of rotatable bonds is 3. The molecule has 8 nitrogen and oxygen atoms in total. The number of hydrogen-bond acceptors (Lipinski definition) is 5. The van der Waals surface area contributed by atoms with Crippen LogP contribution < -0.4 is 0 Å². The number of amides is 1. The maximum atomic E-state index is 13.8. The van der Waals surface area contributed by atoms with Crippen molar-refractivity contribution in [1.82, 2.24) is 29.5 Å². The Morgan fingerprint density at radius 1 is 1.39 bits per heavy atom. The number of carbonyl (C=O) groups is 1. The molecule has 10 heteroatoms. The molecule has 1 aliphatic heterocycles. The molecule has 1 amide bonds. The van der Waals surface area contributed by atoms with Gasteiger partial charge in [0, 0.05) is 24.9 Å². The molecule has 4 aromatic rings. The summed E-state index contributed by atoms with van der Waals surface area (Å²) in [4.78, 5) is 26.3. The van der Waals surface area contributed by atoms with Crippen molar-refractivity contribution in [1.29, 1.82) is 0 Å². The van der Waals surface area contributed by atoms with Gasteiger partial charge in [0.15, 0.2) is 12.3 Å². The zero-order valence-electron chi connectivity index (χ0n) is 14.6. The summed E-state index contributed by atoms with van der Waals surface area (Å²) < 4.78 is 20.8. The highest BCUT2D eigenvalue weighted by atomic mass is 31.0. The number of carbonyl (C=O) groups excluding carboxylic acids is 1. The molecule has 1 N–H and O–H groups in total. The van der Waals surface area contributed by atoms with Gasteiger partial charge in [-0.1, -0.05) is 15.3 Å². The van der Waals surface area contributed by atoms with Crippen molar-refractivity contribution in [3.05, 3.63) is 71.7 Å². The molecular weight excluding hydrogens is 382 g/mol. The van der Waals surface area contributed by atoms with E-state index in [1.54, 1.807) is 15.7 Å². The summed E-state index contributed by atoms with van der Waals surface area (Å²) in [6.45, 7) is 0.417. The van der Waals surface area contributed by atoms with Gasteiger partial charge in [-0.3, -0.25) is 4.79 Å². The highest BCUT2D eigenvalue weighted by molar-refractivity contribution is 7.16. The molecule has 0 saturated carbocycles. The van der Waals surface area contributed by atoms with E-state index >= 15 is 0 Å². The third kappa shape index (κ3) is 2.62. The van der Waals surface area contributed by atoms with E-state index < -0.39 is 17.9 Å². The second-order valence-electron chi connectivity index (χ2n) is 6.53. The van der Waals surface area contributed by atoms with Gasteiger partial charge in [-0.05, 0) is 18.2 Å². The van der Waals surface area contributed by atoms with E-state index in [1.807, 2.05) is 39.7 Å². The van der Waals surface area contributed by atoms with E-state index in [-0.39, 0.29) is 11.5 Å². The molecule has 0 saturated heterocycles. The minimum absolute atomic E-state index is 0.0309. The highest BCUT2D eigenvalue weighted by Crippen LogP contribution is 2.35. The lowest BCUT2D eigenvalue weighted by Gasteiger charge is -2.33. The van der Waals surface area contributed by atoms with Crippen molar-refractivity contribution in [2.24, 2.45) is 0 Å². The largest absolute Gasteiger partial charge is 0.438 e. The highest BCUT2D eigenvalue weighted by Gasteiger charge is 2.38. The van der Waals surface area contributed by atoms with Crippen LogP contribution in [0.5, 0.6) is 0 Å². The molecule has 0 bridgehead atoms. The van der Waals surface area contributed by atoms with Gasteiger partial charge in [0.2, 0.25) is 5.76 Å². The van der Waals surface area contributed by atoms with Gasteiger partial charge in [0.05, 0.1) is 23.2 Å². The zero-order valence-corrected chi connectivity index (χ0v) is 15.8. The number of oxazole rings is 1. The topological polar surface area (TPSA) is 92.3 Å². The van der Waals surface area contributed by atoms with Gasteiger partial charge < -0.3 is 14.3 Å². The van der Waals surface area contributed by atoms with E-state index in [4.69, 9.17) is 4.42 Å². The van der Waals surface area contributed by atoms with Gasteiger partial charge in [-0.2, -0.15) is 5.10 Å². The lowest BCUT2D eigenvalue weighted by molar-refractivity contribution is 0.0651. The molecule has 0 aliphatic carbocycles. The van der Waals surface area contributed by atoms with E-state index in [0.717, 1.165) is 23.3 Å². The Balaban J connectivity index is 1.62. The first kappa shape index (κ1) is 17.1. The first-order valence-electron chi connectivity index (χ1n) is 8.74. The van der Waals surface area contributed by atoms with Crippen LogP contribution in [0.3, 0.4) is 0 Å². The quantitative estimate of drug-likeness (QED) is 0.536. The van der Waals surface area contributed by atoms with E-state index in [1.165, 1.54) is 0 Å². The lowest BCUT2D eigenvalue weighted by atomic mass is 9.99. The number of imidazole rings is 1. The van der Waals surface area contributed by atoms with Crippen molar-refractivity contribution in [3.8, 4) is 0 Å². The summed E-state index contributed by atoms with van der Waals surface area (Å²) in [6.07, 6.45) is 5.15. The van der Waals surface area contributed by atoms with Crippen molar-refractivity contribution < 1.29 is 13.6 Å². The first-order chi connectivity index (χ1) is 13.6. The van der Waals surface area contributed by atoms with Gasteiger partial charge in [0.25, 0.3) is 5.91 Å². The van der Waals surface area contributed by atoms with Crippen LogP contribution in [0.1, 0.15) is 45.3 Å². The molecule has 1 aliphatic rings. The van der Waals surface area contributed by atoms with E-state index in [2.05, 4.69) is 20.1 Å². The molecule has 2 unspecified atom stereocenters. The molecule has 0 radical (unpaired) electrons. The molecule has 5 rings (SSSR count). The van der Waals surface area contributed by atoms with Crippen LogP contribution in [0.4, 0.5) is 4.39 Å². The summed E-state index contributed by atoms with van der Waals surface area (Å²) in [5.41, 5.74) is 3.24. The van der Waals surface area contributed by atoms with E-state index in [0.29, 0.717) is 18.7 Å². The number of nitrogens with zero attached hydrogens (tertiary/aromatic N) is 5. The van der Waals surface area contributed by atoms with E-state index in [9.17, 15) is 9.18 Å². The monoisotopic (exact) mass is 398 g/mol. The summed E-state index contributed by atoms with van der Waals surface area (Å²) in [5.74, 6) is -2.03. The number of pyridine rings is 1. The molecule has 0 spiro atoms. The average Bonchev–Trinajstić information content (AvgIpc) is 3.44. The number of aromatic nitrogens is 5. The van der Waals surface area contributed by atoms with Crippen LogP contribution in [0.25, 0.3) is 5.52 Å². The fourth-order valence-corrected chi connectivity index (χ4v) is 3.87. The average molecular weight is 398 g/mol. The lowest BCUT2D eigenvalue weighted by Crippen LogP contribution is -2.41. The molecule has 0 aromatic carbocycles. The fourth-order valence-electron chi connectivity index (χ4n) is 3.63. The Morgan fingerprint density at radius 2 is 2.29 bits per heavy atom. The van der Waals surface area contributed by atoms with Crippen LogP contribution in [0, 0.1) is 0 Å². The maximum Gasteiger partial charge on any atom is 0.292 e. The minimum Gasteiger partial charge on any atom is -0.438 e. The summed E-state index contributed by atoms with van der Waals surface area (Å²) in [6, 6.07) is 7.15. The maximum absolute atomic E-state index is 13.8. The van der Waals surface area contributed by atoms with Gasteiger partial charge in [0.1, 0.15) is 11.7 Å². The van der Waals surface area contributed by atoms with Crippen LogP contribution in [-0.4, -0.2) is 41.9 Å². The third-order valence-corrected chi connectivity index (χ3v) is 5.22. The van der Waals surface area contributed by atoms with Crippen molar-refractivity contribution in [2.75, 3.05) is 6.54 Å². The summed E-state index contributed by atoms with van der Waals surface area (Å²) >= 11 is 0. The van der Waals surface area contributed by atoms with Crippen LogP contribution in [-0.2, 0) is 6.42 Å². The van der Waals surface area contributed by atoms with Gasteiger partial charge >= 0.3 is 0 Å². The molecule has 5 heterocycles. The predicted octanol–water partition coefficient (Wildman–Crippen LogP) is 2.68. The summed E-state index contributed by atoms with van der Waals surface area (Å²) in [5, 5.41) is 4.63. The number of hydrogen-bond donors (Lipinski definition) is 1. The fraction of sp³-hybridized carbons (Fsp3) is 0.222. The van der Waals surface area contributed by atoms with Crippen LogP contribution in [0.2, 0.25) is 0 Å². The molecule has 4 aromatic heterocycles. The van der Waals surface area contributed by atoms with Gasteiger partial charge in [-0.15, -0.1) is 0 Å². The molecule has 142 valence electrons. The van der Waals surface area contributed by atoms with Crippen molar-refractivity contribution in [2.45, 2.75) is 18.4 Å². The number of nitrogens with one attached hydrogen (secondary N) is 1. The zero-order chi connectivity index (χ0) is 19.3. The standard InChI is InChI=1S/C18H16FN6O2P/c19-17(28)14-16(27-9-22-14)18(26)24-6-4-11-13(21-8-20-11)15(24)12-7-10-3-1-2-5-25(10)23-12/h1-3,5,7-9,15,17H,4,6,28H2,(H,20,21)/t15-,17?/m0/s1. The Morgan fingerprint density at radius 3 is 3.11 bits per heavy atom. The Labute approximate surface area is 161 Å². The summed E-state index contributed by atoms with van der Waals surface area (Å²) in [7, 11) is 1.99. The third-order valence-electron chi connectivity index (χ3n) is 4.91. The molecule has 3 atom stereocenters. The van der Waals surface area contributed by atoms with Crippen molar-refractivity contribution in [3.63, 3.8) is 0 Å². The second kappa shape index (κ2) is 6.53. The SMILES string of the molecule is O=C(c1ocnc1C(F)P)N1CCc2[nH]cnc2[C@@H]1c1cc2ccccn2n1. The Bertz CT molecular complexity index is 1130. The number of halogens is 1. The first-order valence-corrected chi connectivity index (χ1v) is 9.40. The number of alkyl halides is 1. The normalized spacial score (nSPS) is 17.6. The Hall–Kier alpha value is -3.06. The minimum atomic E-state index is -1.49. The van der Waals surface area contributed by atoms with Crippen LogP contribution in [0.15, 0.2) is 47.6 Å². The number of aromatic amines is 1. The molecular formula is C18H16FN6O2P. The Kier molecular flexibility index (Phi) is 3.98. The van der Waals surface area contributed by atoms with Crippen molar-refractivity contribution >= 4 is 20.7 Å².